The number of aromatic nitrogens is 2. The van der Waals surface area contributed by atoms with Crippen molar-refractivity contribution < 1.29 is 9.53 Å². The first kappa shape index (κ1) is 21.1. The Bertz CT molecular complexity index is 992. The normalized spacial score (nSPS) is 14.3. The second-order valence-corrected chi connectivity index (χ2v) is 7.75. The Hall–Kier alpha value is -3.16. The summed E-state index contributed by atoms with van der Waals surface area (Å²) >= 11 is 5.82. The zero-order valence-electron chi connectivity index (χ0n) is 17.1. The number of nitrogens with zero attached hydrogens (tertiary/aromatic N) is 4. The van der Waals surface area contributed by atoms with Gasteiger partial charge in [-0.05, 0) is 35.9 Å². The largest absolute Gasteiger partial charge is 0.489 e. The molecule has 31 heavy (non-hydrogen) atoms. The topological polar surface area (TPSA) is 70.6 Å². The van der Waals surface area contributed by atoms with Crippen molar-refractivity contribution in [3.8, 4) is 5.75 Å². The predicted molar refractivity (Wildman–Crippen MR) is 120 cm³/mol. The molecule has 1 N–H and O–H groups in total. The molecule has 0 aliphatic carbocycles. The van der Waals surface area contributed by atoms with Crippen molar-refractivity contribution in [3.63, 3.8) is 0 Å². The minimum atomic E-state index is -0.0836. The van der Waals surface area contributed by atoms with E-state index in [1.807, 2.05) is 29.2 Å². The molecule has 0 saturated carbocycles. The van der Waals surface area contributed by atoms with Crippen LogP contribution in [0.2, 0.25) is 5.15 Å². The number of benzene rings is 1. The maximum atomic E-state index is 12.4. The van der Waals surface area contributed by atoms with Gasteiger partial charge < -0.3 is 15.0 Å². The van der Waals surface area contributed by atoms with Crippen molar-refractivity contribution in [2.75, 3.05) is 31.5 Å². The first-order chi connectivity index (χ1) is 15.2. The van der Waals surface area contributed by atoms with E-state index in [1.54, 1.807) is 30.7 Å². The van der Waals surface area contributed by atoms with Crippen molar-refractivity contribution in [1.82, 2.24) is 19.8 Å². The first-order valence-corrected chi connectivity index (χ1v) is 10.5. The number of carbonyl (C=O) groups excluding carboxylic acids is 1. The molecule has 3 heterocycles. The molecule has 0 bridgehead atoms. The highest BCUT2D eigenvalue weighted by atomic mass is 35.5. The molecule has 0 unspecified atom stereocenters. The van der Waals surface area contributed by atoms with E-state index in [-0.39, 0.29) is 6.03 Å². The molecule has 8 heteroatoms. The van der Waals surface area contributed by atoms with Crippen LogP contribution in [0.4, 0.5) is 10.5 Å². The molecule has 2 amide bonds. The van der Waals surface area contributed by atoms with E-state index in [4.69, 9.17) is 16.3 Å². The average Bonchev–Trinajstić information content (AvgIpc) is 2.80. The lowest BCUT2D eigenvalue weighted by atomic mass is 10.2. The zero-order chi connectivity index (χ0) is 21.5. The second kappa shape index (κ2) is 10.2. The lowest BCUT2D eigenvalue weighted by Gasteiger charge is -2.34. The fraction of sp³-hybridized carbons (Fsp3) is 0.261. The molecule has 2 aromatic heterocycles. The van der Waals surface area contributed by atoms with Gasteiger partial charge in [0.25, 0.3) is 0 Å². The van der Waals surface area contributed by atoms with E-state index in [0.29, 0.717) is 30.5 Å². The van der Waals surface area contributed by atoms with Crippen molar-refractivity contribution in [2.24, 2.45) is 0 Å². The molecule has 1 fully saturated rings. The van der Waals surface area contributed by atoms with E-state index in [9.17, 15) is 4.79 Å². The van der Waals surface area contributed by atoms with Crippen molar-refractivity contribution in [3.05, 3.63) is 83.4 Å². The monoisotopic (exact) mass is 437 g/mol. The number of hydrogen-bond acceptors (Lipinski definition) is 5. The van der Waals surface area contributed by atoms with Crippen LogP contribution in [0.15, 0.2) is 67.1 Å². The number of anilines is 1. The number of halogens is 1. The molecule has 1 aliphatic heterocycles. The zero-order valence-corrected chi connectivity index (χ0v) is 17.8. The average molecular weight is 438 g/mol. The molecular weight excluding hydrogens is 414 g/mol. The standard InChI is InChI=1S/C23H24ClN5O2/c24-22-7-6-19(14-26-22)17-31-21-5-1-3-18(13-21)16-28-9-11-29(12-10-28)23(30)27-20-4-2-8-25-15-20/h1-8,13-15H,9-12,16-17H2,(H,27,30). The number of ether oxygens (including phenoxy) is 1. The first-order valence-electron chi connectivity index (χ1n) is 10.2. The highest BCUT2D eigenvalue weighted by Gasteiger charge is 2.21. The van der Waals surface area contributed by atoms with E-state index >= 15 is 0 Å². The van der Waals surface area contributed by atoms with Crippen LogP contribution in [0.25, 0.3) is 0 Å². The number of piperazine rings is 1. The Kier molecular flexibility index (Phi) is 6.96. The second-order valence-electron chi connectivity index (χ2n) is 7.36. The number of amides is 2. The van der Waals surface area contributed by atoms with E-state index in [0.717, 1.165) is 30.9 Å². The smallest absolute Gasteiger partial charge is 0.321 e. The molecule has 1 aliphatic rings. The Morgan fingerprint density at radius 2 is 1.90 bits per heavy atom. The van der Waals surface area contributed by atoms with Gasteiger partial charge in [0.15, 0.2) is 0 Å². The lowest BCUT2D eigenvalue weighted by Crippen LogP contribution is -2.49. The summed E-state index contributed by atoms with van der Waals surface area (Å²) in [6.07, 6.45) is 5.05. The van der Waals surface area contributed by atoms with E-state index < -0.39 is 0 Å². The summed E-state index contributed by atoms with van der Waals surface area (Å²) in [5.74, 6) is 0.821. The molecule has 1 saturated heterocycles. The lowest BCUT2D eigenvalue weighted by molar-refractivity contribution is 0.143. The third-order valence-corrected chi connectivity index (χ3v) is 5.29. The van der Waals surface area contributed by atoms with Crippen LogP contribution in [-0.2, 0) is 13.2 Å². The summed E-state index contributed by atoms with van der Waals surface area (Å²) in [6.45, 7) is 4.28. The molecule has 3 aromatic rings. The van der Waals surface area contributed by atoms with Gasteiger partial charge in [0, 0.05) is 50.7 Å². The summed E-state index contributed by atoms with van der Waals surface area (Å²) in [5, 5.41) is 3.36. The third-order valence-electron chi connectivity index (χ3n) is 5.07. The molecule has 4 rings (SSSR count). The van der Waals surface area contributed by atoms with Gasteiger partial charge in [-0.15, -0.1) is 0 Å². The van der Waals surface area contributed by atoms with Gasteiger partial charge in [0.05, 0.1) is 11.9 Å². The van der Waals surface area contributed by atoms with Gasteiger partial charge in [-0.1, -0.05) is 29.8 Å². The summed E-state index contributed by atoms with van der Waals surface area (Å²) < 4.78 is 5.90. The molecule has 160 valence electrons. The van der Waals surface area contributed by atoms with Crippen molar-refractivity contribution >= 4 is 23.3 Å². The molecule has 7 nitrogen and oxygen atoms in total. The Balaban J connectivity index is 1.25. The number of nitrogens with one attached hydrogen (secondary N) is 1. The number of rotatable bonds is 6. The fourth-order valence-electron chi connectivity index (χ4n) is 3.40. The van der Waals surface area contributed by atoms with E-state index in [2.05, 4.69) is 32.3 Å². The fourth-order valence-corrected chi connectivity index (χ4v) is 3.51. The van der Waals surface area contributed by atoms with Crippen LogP contribution in [0.5, 0.6) is 5.75 Å². The third kappa shape index (κ3) is 6.16. The quantitative estimate of drug-likeness (QED) is 0.589. The van der Waals surface area contributed by atoms with Gasteiger partial charge >= 0.3 is 6.03 Å². The predicted octanol–water partition coefficient (Wildman–Crippen LogP) is 4.06. The molecule has 1 aromatic carbocycles. The van der Waals surface area contributed by atoms with Gasteiger partial charge in [-0.3, -0.25) is 9.88 Å². The van der Waals surface area contributed by atoms with Crippen LogP contribution in [0.1, 0.15) is 11.1 Å². The van der Waals surface area contributed by atoms with Crippen LogP contribution < -0.4 is 10.1 Å². The maximum absolute atomic E-state index is 12.4. The van der Waals surface area contributed by atoms with Gasteiger partial charge in [-0.25, -0.2) is 9.78 Å². The van der Waals surface area contributed by atoms with Crippen molar-refractivity contribution in [2.45, 2.75) is 13.2 Å². The number of hydrogen-bond donors (Lipinski definition) is 1. The Morgan fingerprint density at radius 3 is 2.65 bits per heavy atom. The summed E-state index contributed by atoms with van der Waals surface area (Å²) in [5.41, 5.74) is 2.86. The molecule has 0 radical (unpaired) electrons. The Morgan fingerprint density at radius 1 is 1.03 bits per heavy atom. The summed E-state index contributed by atoms with van der Waals surface area (Å²) in [4.78, 5) is 24.7. The van der Waals surface area contributed by atoms with Crippen LogP contribution in [0.3, 0.4) is 0 Å². The summed E-state index contributed by atoms with van der Waals surface area (Å²) in [6, 6.07) is 15.3. The maximum Gasteiger partial charge on any atom is 0.321 e. The molecular formula is C23H24ClN5O2. The number of carbonyl (C=O) groups is 1. The SMILES string of the molecule is O=C(Nc1cccnc1)N1CCN(Cc2cccc(OCc3ccc(Cl)nc3)c2)CC1. The summed E-state index contributed by atoms with van der Waals surface area (Å²) in [7, 11) is 0. The minimum Gasteiger partial charge on any atom is -0.489 e. The van der Waals surface area contributed by atoms with Gasteiger partial charge in [-0.2, -0.15) is 0 Å². The highest BCUT2D eigenvalue weighted by molar-refractivity contribution is 6.29. The number of urea groups is 1. The van der Waals surface area contributed by atoms with Crippen LogP contribution >= 0.6 is 11.6 Å². The van der Waals surface area contributed by atoms with E-state index in [1.165, 1.54) is 5.56 Å². The molecule has 0 atom stereocenters. The van der Waals surface area contributed by atoms with Gasteiger partial charge in [0.2, 0.25) is 0 Å². The van der Waals surface area contributed by atoms with Gasteiger partial charge in [0.1, 0.15) is 17.5 Å². The minimum absolute atomic E-state index is 0.0836. The Labute approximate surface area is 186 Å². The van der Waals surface area contributed by atoms with Crippen LogP contribution in [-0.4, -0.2) is 52.0 Å². The number of pyridine rings is 2. The molecule has 0 spiro atoms. The van der Waals surface area contributed by atoms with Crippen molar-refractivity contribution in [1.29, 1.82) is 0 Å². The highest BCUT2D eigenvalue weighted by Crippen LogP contribution is 2.18. The van der Waals surface area contributed by atoms with Crippen LogP contribution in [0, 0.1) is 0 Å².